The molecule has 0 saturated heterocycles. The van der Waals surface area contributed by atoms with Crippen molar-refractivity contribution in [3.05, 3.63) is 30.2 Å². The molecule has 2 aromatic heterocycles. The Morgan fingerprint density at radius 1 is 1.29 bits per heavy atom. The summed E-state index contributed by atoms with van der Waals surface area (Å²) >= 11 is 0. The Bertz CT molecular complexity index is 680. The van der Waals surface area contributed by atoms with E-state index < -0.39 is 12.7 Å². The third-order valence-electron chi connectivity index (χ3n) is 3.26. The molecule has 2 heterocycles. The second-order valence-corrected chi connectivity index (χ2v) is 5.25. The number of nitrogens with one attached hydrogen (secondary N) is 2. The zero-order valence-corrected chi connectivity index (χ0v) is 13.5. The molecule has 0 saturated carbocycles. The zero-order chi connectivity index (χ0) is 17.6. The quantitative estimate of drug-likeness (QED) is 0.602. The number of halogens is 3. The molecule has 10 heteroatoms. The number of hydrogen-bond donors (Lipinski definition) is 2. The summed E-state index contributed by atoms with van der Waals surface area (Å²) in [5.74, 6) is 1.20. The van der Waals surface area contributed by atoms with Crippen LogP contribution in [0.4, 0.5) is 13.2 Å². The third-order valence-corrected chi connectivity index (χ3v) is 3.26. The van der Waals surface area contributed by atoms with E-state index in [-0.39, 0.29) is 6.54 Å². The van der Waals surface area contributed by atoms with Crippen molar-refractivity contribution < 1.29 is 13.2 Å². The SMILES string of the molecule is CN=C(NCCN(C)CC(F)(F)F)NCc1nnc2ccccn12. The Hall–Kier alpha value is -2.36. The molecular formula is C14H20F3N7. The van der Waals surface area contributed by atoms with Gasteiger partial charge in [-0.1, -0.05) is 6.07 Å². The molecule has 2 rings (SSSR count). The highest BCUT2D eigenvalue weighted by Gasteiger charge is 2.28. The normalized spacial score (nSPS) is 12.8. The van der Waals surface area contributed by atoms with Gasteiger partial charge in [0, 0.05) is 26.3 Å². The van der Waals surface area contributed by atoms with E-state index in [0.717, 1.165) is 5.65 Å². The summed E-state index contributed by atoms with van der Waals surface area (Å²) in [5, 5.41) is 14.2. The van der Waals surface area contributed by atoms with Crippen molar-refractivity contribution in [3.8, 4) is 0 Å². The van der Waals surface area contributed by atoms with Crippen molar-refractivity contribution in [2.75, 3.05) is 33.7 Å². The molecule has 0 aliphatic carbocycles. The van der Waals surface area contributed by atoms with E-state index in [1.54, 1.807) is 7.05 Å². The number of pyridine rings is 1. The fraction of sp³-hybridized carbons (Fsp3) is 0.500. The van der Waals surface area contributed by atoms with Crippen molar-refractivity contribution in [2.45, 2.75) is 12.7 Å². The largest absolute Gasteiger partial charge is 0.401 e. The molecule has 0 aliphatic heterocycles. The first-order valence-corrected chi connectivity index (χ1v) is 7.37. The number of rotatable bonds is 6. The second-order valence-electron chi connectivity index (χ2n) is 5.25. The number of fused-ring (bicyclic) bond motifs is 1. The zero-order valence-electron chi connectivity index (χ0n) is 13.5. The molecule has 0 spiro atoms. The lowest BCUT2D eigenvalue weighted by molar-refractivity contribution is -0.142. The van der Waals surface area contributed by atoms with Gasteiger partial charge in [0.25, 0.3) is 0 Å². The van der Waals surface area contributed by atoms with Gasteiger partial charge in [-0.05, 0) is 19.2 Å². The first-order chi connectivity index (χ1) is 11.4. The van der Waals surface area contributed by atoms with E-state index in [9.17, 15) is 13.2 Å². The number of aromatic nitrogens is 3. The average molecular weight is 343 g/mol. The number of guanidine groups is 1. The Balaban J connectivity index is 1.79. The topological polar surface area (TPSA) is 69.8 Å². The Labute approximate surface area is 137 Å². The maximum absolute atomic E-state index is 12.3. The van der Waals surface area contributed by atoms with Crippen LogP contribution < -0.4 is 10.6 Å². The predicted octanol–water partition coefficient (Wildman–Crippen LogP) is 0.888. The summed E-state index contributed by atoms with van der Waals surface area (Å²) in [4.78, 5) is 5.24. The minimum atomic E-state index is -4.19. The molecular weight excluding hydrogens is 323 g/mol. The molecule has 0 aromatic carbocycles. The highest BCUT2D eigenvalue weighted by atomic mass is 19.4. The molecule has 132 valence electrons. The molecule has 2 aromatic rings. The summed E-state index contributed by atoms with van der Waals surface area (Å²) < 4.78 is 38.6. The maximum atomic E-state index is 12.3. The standard InChI is InChI=1S/C14H20F3N7/c1-18-13(19-6-8-23(2)10-14(15,16)17)20-9-12-22-21-11-5-3-4-7-24(11)12/h3-5,7H,6,8-10H2,1-2H3,(H2,18,19,20). The lowest BCUT2D eigenvalue weighted by Crippen LogP contribution is -2.42. The van der Waals surface area contributed by atoms with Crippen LogP contribution >= 0.6 is 0 Å². The Morgan fingerprint density at radius 3 is 2.79 bits per heavy atom. The first kappa shape index (κ1) is 18.0. The second kappa shape index (κ2) is 7.95. The molecule has 0 unspecified atom stereocenters. The summed E-state index contributed by atoms with van der Waals surface area (Å²) in [7, 11) is 3.02. The van der Waals surface area contributed by atoms with E-state index in [0.29, 0.717) is 24.9 Å². The van der Waals surface area contributed by atoms with Crippen LogP contribution in [0.1, 0.15) is 5.82 Å². The molecule has 0 fully saturated rings. The van der Waals surface area contributed by atoms with Crippen LogP contribution in [0.2, 0.25) is 0 Å². The Kier molecular flexibility index (Phi) is 5.96. The molecule has 0 aliphatic rings. The number of likely N-dealkylation sites (N-methyl/N-ethyl adjacent to an activating group) is 1. The molecule has 0 atom stereocenters. The van der Waals surface area contributed by atoms with Crippen molar-refractivity contribution in [3.63, 3.8) is 0 Å². The van der Waals surface area contributed by atoms with E-state index in [1.807, 2.05) is 28.8 Å². The number of nitrogens with zero attached hydrogens (tertiary/aromatic N) is 5. The highest BCUT2D eigenvalue weighted by molar-refractivity contribution is 5.79. The minimum Gasteiger partial charge on any atom is -0.355 e. The van der Waals surface area contributed by atoms with Crippen molar-refractivity contribution >= 4 is 11.6 Å². The molecule has 0 amide bonds. The molecule has 7 nitrogen and oxygen atoms in total. The van der Waals surface area contributed by atoms with Gasteiger partial charge in [-0.15, -0.1) is 10.2 Å². The van der Waals surface area contributed by atoms with Crippen LogP contribution in [0, 0.1) is 0 Å². The summed E-state index contributed by atoms with van der Waals surface area (Å²) in [5.41, 5.74) is 0.742. The molecule has 0 bridgehead atoms. The smallest absolute Gasteiger partial charge is 0.355 e. The van der Waals surface area contributed by atoms with E-state index in [4.69, 9.17) is 0 Å². The fourth-order valence-electron chi connectivity index (χ4n) is 2.15. The van der Waals surface area contributed by atoms with Gasteiger partial charge >= 0.3 is 6.18 Å². The molecule has 0 radical (unpaired) electrons. The minimum absolute atomic E-state index is 0.244. The van der Waals surface area contributed by atoms with Gasteiger partial charge in [0.1, 0.15) is 0 Å². The van der Waals surface area contributed by atoms with Gasteiger partial charge in [0.15, 0.2) is 17.4 Å². The van der Waals surface area contributed by atoms with Gasteiger partial charge in [0.2, 0.25) is 0 Å². The lowest BCUT2D eigenvalue weighted by atomic mass is 10.4. The number of hydrogen-bond acceptors (Lipinski definition) is 4. The molecule has 2 N–H and O–H groups in total. The van der Waals surface area contributed by atoms with Crippen LogP contribution in [-0.2, 0) is 6.54 Å². The van der Waals surface area contributed by atoms with Crippen LogP contribution in [0.5, 0.6) is 0 Å². The van der Waals surface area contributed by atoms with E-state index >= 15 is 0 Å². The predicted molar refractivity (Wildman–Crippen MR) is 84.7 cm³/mol. The van der Waals surface area contributed by atoms with Gasteiger partial charge in [-0.3, -0.25) is 14.3 Å². The van der Waals surface area contributed by atoms with Crippen LogP contribution in [0.15, 0.2) is 29.4 Å². The van der Waals surface area contributed by atoms with E-state index in [2.05, 4.69) is 25.8 Å². The number of alkyl halides is 3. The number of aliphatic imine (C=N–C) groups is 1. The monoisotopic (exact) mass is 343 g/mol. The van der Waals surface area contributed by atoms with E-state index in [1.165, 1.54) is 11.9 Å². The molecule has 24 heavy (non-hydrogen) atoms. The van der Waals surface area contributed by atoms with Crippen molar-refractivity contribution in [2.24, 2.45) is 4.99 Å². The highest BCUT2D eigenvalue weighted by Crippen LogP contribution is 2.14. The van der Waals surface area contributed by atoms with Crippen LogP contribution in [0.25, 0.3) is 5.65 Å². The van der Waals surface area contributed by atoms with Gasteiger partial charge in [-0.2, -0.15) is 13.2 Å². The summed E-state index contributed by atoms with van der Waals surface area (Å²) in [6.45, 7) is 0.0383. The van der Waals surface area contributed by atoms with Crippen molar-refractivity contribution in [1.82, 2.24) is 30.1 Å². The summed E-state index contributed by atoms with van der Waals surface area (Å²) in [6, 6.07) is 5.60. The van der Waals surface area contributed by atoms with Gasteiger partial charge < -0.3 is 10.6 Å². The first-order valence-electron chi connectivity index (χ1n) is 7.37. The van der Waals surface area contributed by atoms with Gasteiger partial charge in [-0.25, -0.2) is 0 Å². The third kappa shape index (κ3) is 5.37. The maximum Gasteiger partial charge on any atom is 0.401 e. The van der Waals surface area contributed by atoms with Gasteiger partial charge in [0.05, 0.1) is 13.1 Å². The van der Waals surface area contributed by atoms with Crippen molar-refractivity contribution in [1.29, 1.82) is 0 Å². The van der Waals surface area contributed by atoms with Crippen LogP contribution in [0.3, 0.4) is 0 Å². The Morgan fingerprint density at radius 2 is 2.08 bits per heavy atom. The average Bonchev–Trinajstić information content (AvgIpc) is 2.92. The van der Waals surface area contributed by atoms with Crippen LogP contribution in [-0.4, -0.2) is 65.4 Å². The fourth-order valence-corrected chi connectivity index (χ4v) is 2.15. The lowest BCUT2D eigenvalue weighted by Gasteiger charge is -2.19. The summed E-state index contributed by atoms with van der Waals surface area (Å²) in [6.07, 6.45) is -2.34.